The third kappa shape index (κ3) is 2.92. The van der Waals surface area contributed by atoms with E-state index in [2.05, 4.69) is 20.5 Å². The summed E-state index contributed by atoms with van der Waals surface area (Å²) in [4.78, 5) is 17.2. The molecule has 0 saturated carbocycles. The average molecular weight is 372 g/mol. The highest BCUT2D eigenvalue weighted by atomic mass is 16.6. The lowest BCUT2D eigenvalue weighted by Crippen LogP contribution is -2.15. The molecule has 0 bridgehead atoms. The van der Waals surface area contributed by atoms with Crippen molar-refractivity contribution in [2.45, 2.75) is 0 Å². The Kier molecular flexibility index (Phi) is 3.90. The number of carbonyl (C=O) groups excluding carboxylic acids is 1. The largest absolute Gasteiger partial charge is 0.486 e. The van der Waals surface area contributed by atoms with Crippen molar-refractivity contribution in [3.8, 4) is 22.8 Å². The molecule has 2 N–H and O–H groups in total. The number of H-pyrrole nitrogens is 1. The third-order valence-corrected chi connectivity index (χ3v) is 4.56. The number of amides is 1. The van der Waals surface area contributed by atoms with Gasteiger partial charge in [-0.15, -0.1) is 0 Å². The normalized spacial score (nSPS) is 12.7. The number of anilines is 1. The number of nitrogens with zero attached hydrogens (tertiary/aromatic N) is 2. The molecule has 138 valence electrons. The Morgan fingerprint density at radius 1 is 1.00 bits per heavy atom. The maximum atomic E-state index is 12.8. The van der Waals surface area contributed by atoms with Crippen LogP contribution in [0.5, 0.6) is 11.5 Å². The van der Waals surface area contributed by atoms with Gasteiger partial charge in [-0.05, 0) is 30.3 Å². The SMILES string of the molecule is O=C(Nc1cnc2ccccc2c1)c1cn[nH]c1-c1ccc2c(c1)OCCO2. The van der Waals surface area contributed by atoms with Gasteiger partial charge in [-0.1, -0.05) is 18.2 Å². The van der Waals surface area contributed by atoms with Gasteiger partial charge in [0, 0.05) is 10.9 Å². The first-order valence-electron chi connectivity index (χ1n) is 8.87. The summed E-state index contributed by atoms with van der Waals surface area (Å²) >= 11 is 0. The van der Waals surface area contributed by atoms with Crippen LogP contribution < -0.4 is 14.8 Å². The first-order chi connectivity index (χ1) is 13.8. The Balaban J connectivity index is 1.44. The van der Waals surface area contributed by atoms with Gasteiger partial charge in [0.2, 0.25) is 0 Å². The highest BCUT2D eigenvalue weighted by Gasteiger charge is 2.19. The molecule has 0 unspecified atom stereocenters. The second-order valence-electron chi connectivity index (χ2n) is 6.39. The average Bonchev–Trinajstić information content (AvgIpc) is 3.23. The number of benzene rings is 2. The van der Waals surface area contributed by atoms with Gasteiger partial charge in [0.1, 0.15) is 13.2 Å². The van der Waals surface area contributed by atoms with Crippen molar-refractivity contribution in [3.05, 3.63) is 66.5 Å². The molecule has 2 aromatic heterocycles. The zero-order valence-electron chi connectivity index (χ0n) is 14.8. The van der Waals surface area contributed by atoms with Gasteiger partial charge in [0.05, 0.1) is 34.9 Å². The molecule has 5 rings (SSSR count). The molecule has 1 aliphatic rings. The lowest BCUT2D eigenvalue weighted by molar-refractivity contribution is 0.102. The Bertz CT molecular complexity index is 1190. The number of nitrogens with one attached hydrogen (secondary N) is 2. The van der Waals surface area contributed by atoms with Gasteiger partial charge < -0.3 is 14.8 Å². The number of pyridine rings is 1. The van der Waals surface area contributed by atoms with E-state index in [0.29, 0.717) is 41.7 Å². The minimum atomic E-state index is -0.268. The van der Waals surface area contributed by atoms with E-state index in [4.69, 9.17) is 9.47 Å². The minimum absolute atomic E-state index is 0.268. The molecule has 1 aliphatic heterocycles. The summed E-state index contributed by atoms with van der Waals surface area (Å²) in [5, 5.41) is 10.8. The van der Waals surface area contributed by atoms with E-state index in [1.165, 1.54) is 6.20 Å². The number of para-hydroxylation sites is 1. The quantitative estimate of drug-likeness (QED) is 0.573. The molecule has 0 radical (unpaired) electrons. The van der Waals surface area contributed by atoms with Crippen LogP contribution in [-0.2, 0) is 0 Å². The maximum Gasteiger partial charge on any atom is 0.259 e. The van der Waals surface area contributed by atoms with Gasteiger partial charge in [0.25, 0.3) is 5.91 Å². The van der Waals surface area contributed by atoms with E-state index in [1.54, 1.807) is 6.20 Å². The van der Waals surface area contributed by atoms with E-state index in [-0.39, 0.29) is 5.91 Å². The van der Waals surface area contributed by atoms with Gasteiger partial charge in [0.15, 0.2) is 11.5 Å². The number of hydrogen-bond donors (Lipinski definition) is 2. The van der Waals surface area contributed by atoms with E-state index in [9.17, 15) is 4.79 Å². The fourth-order valence-electron chi connectivity index (χ4n) is 3.22. The van der Waals surface area contributed by atoms with E-state index < -0.39 is 0 Å². The Labute approximate surface area is 160 Å². The summed E-state index contributed by atoms with van der Waals surface area (Å²) in [6.45, 7) is 1.03. The monoisotopic (exact) mass is 372 g/mol. The van der Waals surface area contributed by atoms with Crippen LogP contribution in [0, 0.1) is 0 Å². The van der Waals surface area contributed by atoms with Gasteiger partial charge in [-0.25, -0.2) is 0 Å². The molecule has 28 heavy (non-hydrogen) atoms. The molecule has 1 amide bonds. The van der Waals surface area contributed by atoms with Gasteiger partial charge in [-0.2, -0.15) is 5.10 Å². The number of carbonyl (C=O) groups is 1. The van der Waals surface area contributed by atoms with Crippen molar-refractivity contribution in [1.82, 2.24) is 15.2 Å². The minimum Gasteiger partial charge on any atom is -0.486 e. The van der Waals surface area contributed by atoms with Crippen LogP contribution in [0.15, 0.2) is 60.9 Å². The fourth-order valence-corrected chi connectivity index (χ4v) is 3.22. The van der Waals surface area contributed by atoms with E-state index >= 15 is 0 Å². The lowest BCUT2D eigenvalue weighted by Gasteiger charge is -2.18. The van der Waals surface area contributed by atoms with Crippen molar-refractivity contribution in [2.24, 2.45) is 0 Å². The first kappa shape index (κ1) is 16.3. The number of fused-ring (bicyclic) bond motifs is 2. The number of aromatic amines is 1. The highest BCUT2D eigenvalue weighted by Crippen LogP contribution is 2.35. The maximum absolute atomic E-state index is 12.8. The van der Waals surface area contributed by atoms with Crippen LogP contribution in [-0.4, -0.2) is 34.3 Å². The summed E-state index contributed by atoms with van der Waals surface area (Å²) < 4.78 is 11.2. The standard InChI is InChI=1S/C21H16N4O3/c26-21(24-15-9-13-3-1-2-4-17(13)22-11-15)16-12-23-25-20(16)14-5-6-18-19(10-14)28-8-7-27-18/h1-6,9-12H,7-8H2,(H,23,25)(H,24,26). The van der Waals surface area contributed by atoms with Gasteiger partial charge in [-0.3, -0.25) is 14.9 Å². The molecular formula is C21H16N4O3. The number of ether oxygens (including phenoxy) is 2. The van der Waals surface area contributed by atoms with Crippen molar-refractivity contribution >= 4 is 22.5 Å². The van der Waals surface area contributed by atoms with E-state index in [0.717, 1.165) is 16.5 Å². The van der Waals surface area contributed by atoms with Gasteiger partial charge >= 0.3 is 0 Å². The zero-order chi connectivity index (χ0) is 18.9. The van der Waals surface area contributed by atoms with Crippen molar-refractivity contribution in [3.63, 3.8) is 0 Å². The van der Waals surface area contributed by atoms with Crippen LogP contribution in [0.25, 0.3) is 22.2 Å². The molecule has 0 spiro atoms. The fraction of sp³-hybridized carbons (Fsp3) is 0.0952. The molecule has 0 saturated heterocycles. The third-order valence-electron chi connectivity index (χ3n) is 4.56. The van der Waals surface area contributed by atoms with Crippen molar-refractivity contribution in [2.75, 3.05) is 18.5 Å². The summed E-state index contributed by atoms with van der Waals surface area (Å²) in [5.74, 6) is 1.09. The Morgan fingerprint density at radius 2 is 1.86 bits per heavy atom. The van der Waals surface area contributed by atoms with Crippen LogP contribution >= 0.6 is 0 Å². The number of aromatic nitrogens is 3. The molecule has 4 aromatic rings. The lowest BCUT2D eigenvalue weighted by atomic mass is 10.1. The smallest absolute Gasteiger partial charge is 0.259 e. The van der Waals surface area contributed by atoms with Crippen LogP contribution in [0.1, 0.15) is 10.4 Å². The molecule has 0 fully saturated rings. The highest BCUT2D eigenvalue weighted by molar-refractivity contribution is 6.08. The topological polar surface area (TPSA) is 89.1 Å². The number of hydrogen-bond acceptors (Lipinski definition) is 5. The molecule has 7 nitrogen and oxygen atoms in total. The zero-order valence-corrected chi connectivity index (χ0v) is 14.8. The predicted octanol–water partition coefficient (Wildman–Crippen LogP) is 3.65. The number of rotatable bonds is 3. The van der Waals surface area contributed by atoms with Crippen LogP contribution in [0.4, 0.5) is 5.69 Å². The van der Waals surface area contributed by atoms with Crippen LogP contribution in [0.2, 0.25) is 0 Å². The first-order valence-corrected chi connectivity index (χ1v) is 8.87. The van der Waals surface area contributed by atoms with Crippen LogP contribution in [0.3, 0.4) is 0 Å². The Hall–Kier alpha value is -3.87. The molecular weight excluding hydrogens is 356 g/mol. The molecule has 3 heterocycles. The second kappa shape index (κ2) is 6.70. The Morgan fingerprint density at radius 3 is 2.79 bits per heavy atom. The summed E-state index contributed by atoms with van der Waals surface area (Å²) in [5.41, 5.74) is 3.34. The predicted molar refractivity (Wildman–Crippen MR) is 105 cm³/mol. The van der Waals surface area contributed by atoms with Crippen molar-refractivity contribution < 1.29 is 14.3 Å². The second-order valence-corrected chi connectivity index (χ2v) is 6.39. The van der Waals surface area contributed by atoms with E-state index in [1.807, 2.05) is 48.5 Å². The summed E-state index contributed by atoms with van der Waals surface area (Å²) in [6, 6.07) is 15.2. The molecule has 7 heteroatoms. The summed E-state index contributed by atoms with van der Waals surface area (Å²) in [7, 11) is 0. The molecule has 0 aliphatic carbocycles. The molecule has 0 atom stereocenters. The summed E-state index contributed by atoms with van der Waals surface area (Å²) in [6.07, 6.45) is 3.15. The van der Waals surface area contributed by atoms with Crippen molar-refractivity contribution in [1.29, 1.82) is 0 Å². The molecule has 2 aromatic carbocycles.